The average molecular weight is 413 g/mol. The number of hydrogen-bond acceptors (Lipinski definition) is 5. The Kier molecular flexibility index (Phi) is 6.68. The number of alkyl halides is 3. The first-order chi connectivity index (χ1) is 11.9. The highest BCUT2D eigenvalue weighted by molar-refractivity contribution is 8.07. The van der Waals surface area contributed by atoms with Crippen molar-refractivity contribution in [1.82, 2.24) is 10.3 Å². The lowest BCUT2D eigenvalue weighted by atomic mass is 10.2. The van der Waals surface area contributed by atoms with Gasteiger partial charge in [0, 0.05) is 34.2 Å². The second kappa shape index (κ2) is 8.59. The molecule has 1 saturated heterocycles. The van der Waals surface area contributed by atoms with Gasteiger partial charge in [-0.25, -0.2) is 4.98 Å². The van der Waals surface area contributed by atoms with E-state index in [0.29, 0.717) is 17.9 Å². The van der Waals surface area contributed by atoms with Crippen molar-refractivity contribution < 1.29 is 17.9 Å². The van der Waals surface area contributed by atoms with E-state index in [1.165, 1.54) is 24.3 Å². The van der Waals surface area contributed by atoms with Gasteiger partial charge in [-0.2, -0.15) is 36.7 Å². The highest BCUT2D eigenvalue weighted by atomic mass is 35.5. The standard InChI is InChI=1S/C16H20ClF3N2OS2/c17-11-8-10(16(18,19)20)9-22-15(11)23-5-1-4-21-12-2-3-13-14(12)25-7-6-24-13/h8-9,12-14,21H,1-7H2. The first-order valence-corrected chi connectivity index (χ1v) is 10.7. The lowest BCUT2D eigenvalue weighted by Gasteiger charge is -2.28. The molecule has 9 heteroatoms. The van der Waals surface area contributed by atoms with E-state index in [-0.39, 0.29) is 10.9 Å². The lowest BCUT2D eigenvalue weighted by molar-refractivity contribution is -0.137. The first-order valence-electron chi connectivity index (χ1n) is 8.27. The van der Waals surface area contributed by atoms with Gasteiger partial charge in [-0.1, -0.05) is 11.6 Å². The molecule has 1 aliphatic heterocycles. The quantitative estimate of drug-likeness (QED) is 0.696. The maximum absolute atomic E-state index is 12.6. The van der Waals surface area contributed by atoms with Gasteiger partial charge in [0.05, 0.1) is 12.2 Å². The van der Waals surface area contributed by atoms with Gasteiger partial charge in [0.2, 0.25) is 5.88 Å². The largest absolute Gasteiger partial charge is 0.477 e. The molecular formula is C16H20ClF3N2OS2. The van der Waals surface area contributed by atoms with Crippen LogP contribution in [0.3, 0.4) is 0 Å². The molecule has 1 aliphatic carbocycles. The number of ether oxygens (including phenoxy) is 1. The van der Waals surface area contributed by atoms with E-state index in [1.807, 2.05) is 0 Å². The van der Waals surface area contributed by atoms with Crippen LogP contribution in [-0.4, -0.2) is 46.2 Å². The van der Waals surface area contributed by atoms with Crippen molar-refractivity contribution in [2.45, 2.75) is 42.0 Å². The third kappa shape index (κ3) is 5.11. The minimum absolute atomic E-state index is 0.0508. The Morgan fingerprint density at radius 3 is 2.84 bits per heavy atom. The van der Waals surface area contributed by atoms with Crippen LogP contribution in [0.5, 0.6) is 5.88 Å². The molecule has 3 nitrogen and oxygen atoms in total. The molecule has 0 spiro atoms. The number of thioether (sulfide) groups is 2. The fraction of sp³-hybridized carbons (Fsp3) is 0.688. The highest BCUT2D eigenvalue weighted by Crippen LogP contribution is 2.42. The van der Waals surface area contributed by atoms with E-state index in [2.05, 4.69) is 33.8 Å². The van der Waals surface area contributed by atoms with Crippen LogP contribution in [0.2, 0.25) is 5.02 Å². The van der Waals surface area contributed by atoms with Crippen LogP contribution in [0, 0.1) is 0 Å². The van der Waals surface area contributed by atoms with Crippen molar-refractivity contribution in [3.8, 4) is 5.88 Å². The summed E-state index contributed by atoms with van der Waals surface area (Å²) in [6.45, 7) is 1.19. The van der Waals surface area contributed by atoms with E-state index in [1.54, 1.807) is 0 Å². The van der Waals surface area contributed by atoms with Crippen molar-refractivity contribution in [2.75, 3.05) is 24.7 Å². The third-order valence-electron chi connectivity index (χ3n) is 4.35. The van der Waals surface area contributed by atoms with Crippen LogP contribution in [0.15, 0.2) is 12.3 Å². The summed E-state index contributed by atoms with van der Waals surface area (Å²) in [5.74, 6) is 2.54. The normalized spacial score (nSPS) is 26.5. The van der Waals surface area contributed by atoms with E-state index in [4.69, 9.17) is 16.3 Å². The minimum atomic E-state index is -4.45. The Morgan fingerprint density at radius 1 is 1.28 bits per heavy atom. The van der Waals surface area contributed by atoms with Crippen molar-refractivity contribution in [3.63, 3.8) is 0 Å². The second-order valence-electron chi connectivity index (χ2n) is 6.09. The molecule has 1 aromatic heterocycles. The number of nitrogens with zero attached hydrogens (tertiary/aromatic N) is 1. The molecule has 0 bridgehead atoms. The van der Waals surface area contributed by atoms with Gasteiger partial charge < -0.3 is 10.1 Å². The molecule has 1 N–H and O–H groups in total. The van der Waals surface area contributed by atoms with Gasteiger partial charge in [0.1, 0.15) is 5.02 Å². The smallest absolute Gasteiger partial charge is 0.417 e. The van der Waals surface area contributed by atoms with Crippen molar-refractivity contribution in [1.29, 1.82) is 0 Å². The highest BCUT2D eigenvalue weighted by Gasteiger charge is 2.38. The van der Waals surface area contributed by atoms with E-state index in [9.17, 15) is 13.2 Å². The van der Waals surface area contributed by atoms with Gasteiger partial charge >= 0.3 is 6.18 Å². The van der Waals surface area contributed by atoms with E-state index < -0.39 is 11.7 Å². The fourth-order valence-corrected chi connectivity index (χ4v) is 6.68. The molecule has 2 fully saturated rings. The molecular weight excluding hydrogens is 393 g/mol. The predicted octanol–water partition coefficient (Wildman–Crippen LogP) is 4.49. The summed E-state index contributed by atoms with van der Waals surface area (Å²) in [6.07, 6.45) is -0.460. The van der Waals surface area contributed by atoms with Crippen molar-refractivity contribution >= 4 is 35.1 Å². The summed E-state index contributed by atoms with van der Waals surface area (Å²) in [7, 11) is 0. The van der Waals surface area contributed by atoms with Gasteiger partial charge in [0.15, 0.2) is 0 Å². The third-order valence-corrected chi connectivity index (χ3v) is 7.93. The van der Waals surface area contributed by atoms with Gasteiger partial charge in [-0.15, -0.1) is 0 Å². The Labute approximate surface area is 158 Å². The molecule has 3 unspecified atom stereocenters. The molecule has 25 heavy (non-hydrogen) atoms. The number of halogens is 4. The van der Waals surface area contributed by atoms with Crippen molar-refractivity contribution in [2.24, 2.45) is 0 Å². The molecule has 3 rings (SSSR count). The van der Waals surface area contributed by atoms with Crippen LogP contribution < -0.4 is 10.1 Å². The molecule has 0 radical (unpaired) electrons. The topological polar surface area (TPSA) is 34.1 Å². The number of fused-ring (bicyclic) bond motifs is 1. The number of rotatable bonds is 6. The van der Waals surface area contributed by atoms with Crippen LogP contribution in [-0.2, 0) is 6.18 Å². The number of nitrogens with one attached hydrogen (secondary N) is 1. The van der Waals surface area contributed by atoms with E-state index >= 15 is 0 Å². The molecule has 2 heterocycles. The molecule has 1 aromatic rings. The summed E-state index contributed by atoms with van der Waals surface area (Å²) in [5.41, 5.74) is -0.870. The number of hydrogen-bond donors (Lipinski definition) is 1. The Balaban J connectivity index is 1.39. The molecule has 2 aliphatic rings. The van der Waals surface area contributed by atoms with Crippen LogP contribution in [0.25, 0.3) is 0 Å². The minimum Gasteiger partial charge on any atom is -0.477 e. The summed E-state index contributed by atoms with van der Waals surface area (Å²) in [5, 5.41) is 4.96. The zero-order valence-corrected chi connectivity index (χ0v) is 15.9. The SMILES string of the molecule is FC(F)(F)c1cnc(OCCCNC2CCC3SCCSC23)c(Cl)c1. The maximum atomic E-state index is 12.6. The molecule has 0 amide bonds. The monoisotopic (exact) mass is 412 g/mol. The Hall–Kier alpha value is -0.310. The number of pyridine rings is 1. The maximum Gasteiger partial charge on any atom is 0.417 e. The fourth-order valence-electron chi connectivity index (χ4n) is 3.15. The lowest BCUT2D eigenvalue weighted by Crippen LogP contribution is -2.39. The van der Waals surface area contributed by atoms with Gasteiger partial charge in [-0.05, 0) is 31.9 Å². The summed E-state index contributed by atoms with van der Waals surface area (Å²) < 4.78 is 43.1. The van der Waals surface area contributed by atoms with Gasteiger partial charge in [0.25, 0.3) is 0 Å². The molecule has 3 atom stereocenters. The van der Waals surface area contributed by atoms with Gasteiger partial charge in [-0.3, -0.25) is 0 Å². The summed E-state index contributed by atoms with van der Waals surface area (Å²) in [6, 6.07) is 1.40. The predicted molar refractivity (Wildman–Crippen MR) is 97.9 cm³/mol. The zero-order chi connectivity index (χ0) is 17.9. The molecule has 0 aromatic carbocycles. The summed E-state index contributed by atoms with van der Waals surface area (Å²) >= 11 is 9.99. The Morgan fingerprint density at radius 2 is 2.08 bits per heavy atom. The average Bonchev–Trinajstić information content (AvgIpc) is 2.98. The Bertz CT molecular complexity index is 591. The second-order valence-corrected chi connectivity index (χ2v) is 9.13. The molecule has 140 valence electrons. The summed E-state index contributed by atoms with van der Waals surface area (Å²) in [4.78, 5) is 3.67. The van der Waals surface area contributed by atoms with Crippen LogP contribution in [0.4, 0.5) is 13.2 Å². The first kappa shape index (κ1) is 19.5. The van der Waals surface area contributed by atoms with Crippen molar-refractivity contribution in [3.05, 3.63) is 22.8 Å². The van der Waals surface area contributed by atoms with Crippen LogP contribution >= 0.6 is 35.1 Å². The zero-order valence-electron chi connectivity index (χ0n) is 13.5. The van der Waals surface area contributed by atoms with E-state index in [0.717, 1.165) is 30.5 Å². The number of aromatic nitrogens is 1. The van der Waals surface area contributed by atoms with Crippen LogP contribution in [0.1, 0.15) is 24.8 Å². The molecule has 1 saturated carbocycles.